The summed E-state index contributed by atoms with van der Waals surface area (Å²) in [6.07, 6.45) is 0.864. The van der Waals surface area contributed by atoms with E-state index in [0.717, 1.165) is 22.7 Å². The molecule has 0 bridgehead atoms. The van der Waals surface area contributed by atoms with Gasteiger partial charge in [0.2, 0.25) is 0 Å². The standard InChI is InChI=1S/C23H32N4O3S/c1-6-18-9-7-8-10-19(18)25-23(29)27(15(2)3)13-21-24-20(14-31-21)22(28)26-11-16(4)30-17(5)12-26/h7-10,14-17H,6,11-13H2,1-5H3,(H,25,29). The number of aromatic nitrogens is 1. The summed E-state index contributed by atoms with van der Waals surface area (Å²) < 4.78 is 5.72. The molecule has 2 aromatic rings. The van der Waals surface area contributed by atoms with Crippen molar-refractivity contribution in [1.82, 2.24) is 14.8 Å². The van der Waals surface area contributed by atoms with Gasteiger partial charge in [0.15, 0.2) is 0 Å². The number of urea groups is 1. The van der Waals surface area contributed by atoms with Gasteiger partial charge in [-0.3, -0.25) is 4.79 Å². The fourth-order valence-corrected chi connectivity index (χ4v) is 4.53. The molecule has 0 spiro atoms. The summed E-state index contributed by atoms with van der Waals surface area (Å²) in [7, 11) is 0. The van der Waals surface area contributed by atoms with E-state index in [0.29, 0.717) is 25.3 Å². The van der Waals surface area contributed by atoms with Gasteiger partial charge in [0.25, 0.3) is 5.91 Å². The van der Waals surface area contributed by atoms with Crippen LogP contribution in [0.1, 0.15) is 55.7 Å². The first-order chi connectivity index (χ1) is 14.8. The van der Waals surface area contributed by atoms with Crippen molar-refractivity contribution in [3.05, 3.63) is 45.9 Å². The predicted molar refractivity (Wildman–Crippen MR) is 124 cm³/mol. The lowest BCUT2D eigenvalue weighted by molar-refractivity contribution is -0.0587. The van der Waals surface area contributed by atoms with Crippen molar-refractivity contribution < 1.29 is 14.3 Å². The zero-order valence-electron chi connectivity index (χ0n) is 18.9. The minimum Gasteiger partial charge on any atom is -0.372 e. The smallest absolute Gasteiger partial charge is 0.322 e. The molecule has 2 unspecified atom stereocenters. The number of benzene rings is 1. The number of carbonyl (C=O) groups excluding carboxylic acids is 2. The van der Waals surface area contributed by atoms with Crippen molar-refractivity contribution >= 4 is 29.0 Å². The zero-order valence-corrected chi connectivity index (χ0v) is 19.7. The Bertz CT molecular complexity index is 904. The lowest BCUT2D eigenvalue weighted by atomic mass is 10.1. The molecule has 1 aliphatic heterocycles. The highest BCUT2D eigenvalue weighted by atomic mass is 32.1. The Labute approximate surface area is 188 Å². The zero-order chi connectivity index (χ0) is 22.5. The van der Waals surface area contributed by atoms with Gasteiger partial charge in [-0.05, 0) is 45.7 Å². The predicted octanol–water partition coefficient (Wildman–Crippen LogP) is 4.40. The molecule has 168 valence electrons. The maximum Gasteiger partial charge on any atom is 0.322 e. The summed E-state index contributed by atoms with van der Waals surface area (Å²) >= 11 is 1.41. The van der Waals surface area contributed by atoms with E-state index in [1.807, 2.05) is 52.0 Å². The summed E-state index contributed by atoms with van der Waals surface area (Å²) in [6, 6.07) is 7.63. The molecule has 1 fully saturated rings. The summed E-state index contributed by atoms with van der Waals surface area (Å²) in [4.78, 5) is 34.0. The van der Waals surface area contributed by atoms with Gasteiger partial charge in [-0.2, -0.15) is 0 Å². The lowest BCUT2D eigenvalue weighted by Crippen LogP contribution is -2.48. The van der Waals surface area contributed by atoms with Gasteiger partial charge >= 0.3 is 6.03 Å². The first-order valence-corrected chi connectivity index (χ1v) is 11.7. The molecule has 1 aromatic carbocycles. The van der Waals surface area contributed by atoms with Gasteiger partial charge < -0.3 is 19.9 Å². The minimum atomic E-state index is -0.171. The number of nitrogens with one attached hydrogen (secondary N) is 1. The monoisotopic (exact) mass is 444 g/mol. The topological polar surface area (TPSA) is 74.8 Å². The van der Waals surface area contributed by atoms with Crippen LogP contribution in [0, 0.1) is 0 Å². The molecule has 3 rings (SSSR count). The Kier molecular flexibility index (Phi) is 7.67. The van der Waals surface area contributed by atoms with Crippen LogP contribution in [-0.4, -0.2) is 58.1 Å². The van der Waals surface area contributed by atoms with E-state index >= 15 is 0 Å². The molecule has 7 nitrogen and oxygen atoms in total. The van der Waals surface area contributed by atoms with Gasteiger partial charge in [0, 0.05) is 30.2 Å². The third-order valence-corrected chi connectivity index (χ3v) is 6.14. The minimum absolute atomic E-state index is 0.0110. The van der Waals surface area contributed by atoms with Crippen LogP contribution in [0.4, 0.5) is 10.5 Å². The average Bonchev–Trinajstić information content (AvgIpc) is 3.19. The van der Waals surface area contributed by atoms with Crippen LogP contribution in [0.25, 0.3) is 0 Å². The molecule has 3 amide bonds. The largest absolute Gasteiger partial charge is 0.372 e. The van der Waals surface area contributed by atoms with Crippen molar-refractivity contribution in [3.63, 3.8) is 0 Å². The van der Waals surface area contributed by atoms with E-state index in [1.54, 1.807) is 15.2 Å². The van der Waals surface area contributed by atoms with Crippen LogP contribution in [0.5, 0.6) is 0 Å². The van der Waals surface area contributed by atoms with Gasteiger partial charge in [0.05, 0.1) is 18.8 Å². The molecular weight excluding hydrogens is 412 g/mol. The first-order valence-electron chi connectivity index (χ1n) is 10.8. The lowest BCUT2D eigenvalue weighted by Gasteiger charge is -2.34. The number of amides is 3. The SMILES string of the molecule is CCc1ccccc1NC(=O)N(Cc1nc(C(=O)N2CC(C)OC(C)C2)cs1)C(C)C. The first kappa shape index (κ1) is 23.2. The van der Waals surface area contributed by atoms with E-state index in [2.05, 4.69) is 17.2 Å². The molecule has 8 heteroatoms. The van der Waals surface area contributed by atoms with Crippen LogP contribution < -0.4 is 5.32 Å². The molecule has 0 radical (unpaired) electrons. The number of nitrogens with zero attached hydrogens (tertiary/aromatic N) is 3. The fourth-order valence-electron chi connectivity index (χ4n) is 3.76. The Morgan fingerprint density at radius 3 is 2.58 bits per heavy atom. The second kappa shape index (κ2) is 10.2. The third kappa shape index (κ3) is 5.83. The van der Waals surface area contributed by atoms with E-state index in [9.17, 15) is 9.59 Å². The molecule has 2 heterocycles. The quantitative estimate of drug-likeness (QED) is 0.717. The van der Waals surface area contributed by atoms with Crippen LogP contribution in [0.2, 0.25) is 0 Å². The van der Waals surface area contributed by atoms with E-state index in [1.165, 1.54) is 11.3 Å². The maximum atomic E-state index is 13.0. The highest BCUT2D eigenvalue weighted by Crippen LogP contribution is 2.20. The molecule has 0 saturated carbocycles. The number of anilines is 1. The van der Waals surface area contributed by atoms with Crippen molar-refractivity contribution in [3.8, 4) is 0 Å². The Morgan fingerprint density at radius 1 is 1.26 bits per heavy atom. The molecule has 2 atom stereocenters. The molecule has 1 aromatic heterocycles. The summed E-state index contributed by atoms with van der Waals surface area (Å²) in [5.74, 6) is -0.0816. The third-order valence-electron chi connectivity index (χ3n) is 5.31. The average molecular weight is 445 g/mol. The second-order valence-electron chi connectivity index (χ2n) is 8.26. The van der Waals surface area contributed by atoms with Crippen molar-refractivity contribution in [2.45, 2.75) is 65.8 Å². The van der Waals surface area contributed by atoms with Gasteiger partial charge in [-0.15, -0.1) is 11.3 Å². The van der Waals surface area contributed by atoms with Gasteiger partial charge in [-0.25, -0.2) is 9.78 Å². The highest BCUT2D eigenvalue weighted by Gasteiger charge is 2.28. The number of para-hydroxylation sites is 1. The van der Waals surface area contributed by atoms with Crippen LogP contribution in [0.3, 0.4) is 0 Å². The van der Waals surface area contributed by atoms with E-state index in [4.69, 9.17) is 4.74 Å². The number of ether oxygens (including phenoxy) is 1. The number of carbonyl (C=O) groups is 2. The van der Waals surface area contributed by atoms with Crippen molar-refractivity contribution in [1.29, 1.82) is 0 Å². The Hall–Kier alpha value is -2.45. The van der Waals surface area contributed by atoms with Crippen LogP contribution >= 0.6 is 11.3 Å². The van der Waals surface area contributed by atoms with Gasteiger partial charge in [-0.1, -0.05) is 25.1 Å². The van der Waals surface area contributed by atoms with Gasteiger partial charge in [0.1, 0.15) is 10.7 Å². The van der Waals surface area contributed by atoms with Crippen molar-refractivity contribution in [2.24, 2.45) is 0 Å². The molecule has 1 aliphatic rings. The molecule has 1 N–H and O–H groups in total. The highest BCUT2D eigenvalue weighted by molar-refractivity contribution is 7.09. The second-order valence-corrected chi connectivity index (χ2v) is 9.20. The van der Waals surface area contributed by atoms with Crippen LogP contribution in [0.15, 0.2) is 29.6 Å². The normalized spacial score (nSPS) is 18.8. The number of aryl methyl sites for hydroxylation is 1. The summed E-state index contributed by atoms with van der Waals surface area (Å²) in [6.45, 7) is 11.4. The summed E-state index contributed by atoms with van der Waals surface area (Å²) in [5, 5.41) is 5.55. The Balaban J connectivity index is 1.69. The fraction of sp³-hybridized carbons (Fsp3) is 0.522. The number of hydrogen-bond donors (Lipinski definition) is 1. The molecule has 0 aliphatic carbocycles. The number of hydrogen-bond acceptors (Lipinski definition) is 5. The van der Waals surface area contributed by atoms with Crippen LogP contribution in [-0.2, 0) is 17.7 Å². The molecule has 31 heavy (non-hydrogen) atoms. The van der Waals surface area contributed by atoms with Crippen molar-refractivity contribution in [2.75, 3.05) is 18.4 Å². The van der Waals surface area contributed by atoms with E-state index < -0.39 is 0 Å². The molecular formula is C23H32N4O3S. The number of thiazole rings is 1. The number of morpholine rings is 1. The summed E-state index contributed by atoms with van der Waals surface area (Å²) in [5.41, 5.74) is 2.35. The van der Waals surface area contributed by atoms with E-state index in [-0.39, 0.29) is 30.2 Å². The number of rotatable bonds is 6. The maximum absolute atomic E-state index is 13.0. The Morgan fingerprint density at radius 2 is 1.94 bits per heavy atom. The molecule has 1 saturated heterocycles.